The Morgan fingerprint density at radius 1 is 1.21 bits per heavy atom. The van der Waals surface area contributed by atoms with Gasteiger partial charge in [0, 0.05) is 12.1 Å². The summed E-state index contributed by atoms with van der Waals surface area (Å²) in [5.41, 5.74) is 2.42. The molecule has 144 valence electrons. The maximum Gasteiger partial charge on any atom is 0.325 e. The van der Waals surface area contributed by atoms with Crippen LogP contribution < -0.4 is 4.80 Å². The van der Waals surface area contributed by atoms with Crippen LogP contribution in [0.15, 0.2) is 47.5 Å². The molecule has 1 aromatic heterocycles. The van der Waals surface area contributed by atoms with Crippen LogP contribution >= 0.6 is 11.3 Å². The molecule has 0 saturated carbocycles. The first-order chi connectivity index (χ1) is 13.4. The normalized spacial score (nSPS) is 11.6. The minimum Gasteiger partial charge on any atom is -0.468 e. The van der Waals surface area contributed by atoms with Crippen LogP contribution in [0.5, 0.6) is 0 Å². The predicted octanol–water partition coefficient (Wildman–Crippen LogP) is 2.76. The zero-order valence-corrected chi connectivity index (χ0v) is 16.1. The Morgan fingerprint density at radius 3 is 2.57 bits per heavy atom. The second kappa shape index (κ2) is 8.13. The number of fused-ring (bicyclic) bond motifs is 1. The van der Waals surface area contributed by atoms with Crippen molar-refractivity contribution >= 4 is 39.1 Å². The molecular weight excluding hydrogens is 382 g/mol. The second-order valence-corrected chi connectivity index (χ2v) is 7.13. The molecule has 0 bridgehead atoms. The maximum atomic E-state index is 12.4. The molecule has 0 aliphatic heterocycles. The van der Waals surface area contributed by atoms with Crippen LogP contribution in [0.25, 0.3) is 10.2 Å². The zero-order valence-electron chi connectivity index (χ0n) is 15.2. The van der Waals surface area contributed by atoms with E-state index < -0.39 is 10.9 Å². The fraction of sp³-hybridized carbons (Fsp3) is 0.211. The summed E-state index contributed by atoms with van der Waals surface area (Å²) in [5, 5.41) is 11.0. The molecule has 0 spiro atoms. The zero-order chi connectivity index (χ0) is 20.3. The number of nitro groups is 1. The molecular formula is C19H17N3O5S. The lowest BCUT2D eigenvalue weighted by Crippen LogP contribution is -2.22. The number of thiazole rings is 1. The number of nitrogens with zero attached hydrogens (tertiary/aromatic N) is 3. The van der Waals surface area contributed by atoms with E-state index in [0.717, 1.165) is 22.5 Å². The molecule has 28 heavy (non-hydrogen) atoms. The topological polar surface area (TPSA) is 104 Å². The van der Waals surface area contributed by atoms with Crippen molar-refractivity contribution in [2.24, 2.45) is 4.99 Å². The highest BCUT2D eigenvalue weighted by atomic mass is 32.1. The summed E-state index contributed by atoms with van der Waals surface area (Å²) >= 11 is 1.11. The van der Waals surface area contributed by atoms with Crippen molar-refractivity contribution in [3.8, 4) is 0 Å². The van der Waals surface area contributed by atoms with E-state index in [9.17, 15) is 19.7 Å². The van der Waals surface area contributed by atoms with Crippen molar-refractivity contribution in [3.63, 3.8) is 0 Å². The van der Waals surface area contributed by atoms with Gasteiger partial charge in [0.2, 0.25) is 0 Å². The Labute approximate surface area is 163 Å². The van der Waals surface area contributed by atoms with E-state index in [1.807, 2.05) is 31.2 Å². The molecule has 2 aromatic carbocycles. The largest absolute Gasteiger partial charge is 0.468 e. The number of hydrogen-bond donors (Lipinski definition) is 0. The number of rotatable bonds is 5. The van der Waals surface area contributed by atoms with Crippen LogP contribution in [0, 0.1) is 17.0 Å². The Balaban J connectivity index is 2.03. The van der Waals surface area contributed by atoms with Crippen LogP contribution in [0.3, 0.4) is 0 Å². The molecule has 1 amide bonds. The van der Waals surface area contributed by atoms with Crippen LogP contribution in [0.4, 0.5) is 5.69 Å². The summed E-state index contributed by atoms with van der Waals surface area (Å²) in [6.45, 7) is 1.81. The van der Waals surface area contributed by atoms with E-state index >= 15 is 0 Å². The number of benzene rings is 2. The number of aryl methyl sites for hydroxylation is 1. The number of non-ortho nitro benzene ring substituents is 1. The van der Waals surface area contributed by atoms with E-state index in [-0.39, 0.29) is 29.4 Å². The fourth-order valence-electron chi connectivity index (χ4n) is 2.63. The summed E-state index contributed by atoms with van der Waals surface area (Å²) < 4.78 is 6.80. The summed E-state index contributed by atoms with van der Waals surface area (Å²) in [6.07, 6.45) is 0.118. The Hall–Kier alpha value is -3.33. The number of esters is 1. The van der Waals surface area contributed by atoms with E-state index in [1.165, 1.54) is 29.9 Å². The van der Waals surface area contributed by atoms with Crippen molar-refractivity contribution in [2.75, 3.05) is 7.11 Å². The number of amides is 1. The van der Waals surface area contributed by atoms with Gasteiger partial charge in [0.15, 0.2) is 4.80 Å². The highest BCUT2D eigenvalue weighted by Gasteiger charge is 2.15. The number of hydrogen-bond acceptors (Lipinski definition) is 6. The van der Waals surface area contributed by atoms with Gasteiger partial charge in [-0.05, 0) is 18.6 Å². The van der Waals surface area contributed by atoms with Crippen molar-refractivity contribution in [3.05, 3.63) is 68.5 Å². The summed E-state index contributed by atoms with van der Waals surface area (Å²) in [4.78, 5) is 39.2. The summed E-state index contributed by atoms with van der Waals surface area (Å²) in [6, 6.07) is 11.8. The van der Waals surface area contributed by atoms with Crippen LogP contribution in [0.1, 0.15) is 11.1 Å². The molecule has 0 radical (unpaired) electrons. The number of aromatic nitrogens is 1. The first-order valence-electron chi connectivity index (χ1n) is 8.35. The lowest BCUT2D eigenvalue weighted by molar-refractivity contribution is -0.384. The standard InChI is InChI=1S/C19H17N3O5S/c1-12-3-5-13(6-4-12)9-17(23)20-19-21(11-18(24)27-2)15-8-7-14(22(25)26)10-16(15)28-19/h3-8,10H,9,11H2,1-2H3. The molecule has 0 N–H and O–H groups in total. The monoisotopic (exact) mass is 399 g/mol. The van der Waals surface area contributed by atoms with Crippen molar-refractivity contribution in [1.29, 1.82) is 0 Å². The minimum absolute atomic E-state index is 0.0727. The fourth-order valence-corrected chi connectivity index (χ4v) is 3.71. The summed E-state index contributed by atoms with van der Waals surface area (Å²) in [5.74, 6) is -0.881. The van der Waals surface area contributed by atoms with Crippen molar-refractivity contribution in [1.82, 2.24) is 4.57 Å². The molecule has 1 heterocycles. The van der Waals surface area contributed by atoms with Gasteiger partial charge in [0.05, 0.1) is 28.7 Å². The molecule has 0 unspecified atom stereocenters. The van der Waals surface area contributed by atoms with E-state index in [0.29, 0.717) is 10.2 Å². The number of carbonyl (C=O) groups excluding carboxylic acids is 2. The number of ether oxygens (including phenoxy) is 1. The molecule has 0 aliphatic rings. The third-order valence-electron chi connectivity index (χ3n) is 4.09. The second-order valence-electron chi connectivity index (χ2n) is 6.12. The summed E-state index contributed by atoms with van der Waals surface area (Å²) in [7, 11) is 1.27. The van der Waals surface area contributed by atoms with Gasteiger partial charge in [-0.3, -0.25) is 19.7 Å². The average Bonchev–Trinajstić information content (AvgIpc) is 2.99. The molecule has 0 atom stereocenters. The molecule has 9 heteroatoms. The van der Waals surface area contributed by atoms with Crippen LogP contribution in [-0.2, 0) is 27.3 Å². The van der Waals surface area contributed by atoms with Gasteiger partial charge in [-0.2, -0.15) is 4.99 Å². The highest BCUT2D eigenvalue weighted by Crippen LogP contribution is 2.23. The third kappa shape index (κ3) is 4.32. The molecule has 0 aliphatic carbocycles. The first kappa shape index (κ1) is 19.4. The molecule has 3 aromatic rings. The quantitative estimate of drug-likeness (QED) is 0.373. The van der Waals surface area contributed by atoms with Gasteiger partial charge in [-0.25, -0.2) is 0 Å². The molecule has 0 saturated heterocycles. The van der Waals surface area contributed by atoms with Gasteiger partial charge in [0.25, 0.3) is 11.6 Å². The number of nitro benzene ring substituents is 1. The lowest BCUT2D eigenvalue weighted by atomic mass is 10.1. The van der Waals surface area contributed by atoms with Crippen LogP contribution in [-0.4, -0.2) is 28.5 Å². The smallest absolute Gasteiger partial charge is 0.325 e. The lowest BCUT2D eigenvalue weighted by Gasteiger charge is -2.03. The van der Waals surface area contributed by atoms with Crippen molar-refractivity contribution in [2.45, 2.75) is 19.9 Å². The van der Waals surface area contributed by atoms with Gasteiger partial charge in [-0.1, -0.05) is 41.2 Å². The molecule has 0 fully saturated rings. The van der Waals surface area contributed by atoms with Crippen LogP contribution in [0.2, 0.25) is 0 Å². The van der Waals surface area contributed by atoms with E-state index in [2.05, 4.69) is 4.99 Å². The number of methoxy groups -OCH3 is 1. The first-order valence-corrected chi connectivity index (χ1v) is 9.16. The van der Waals surface area contributed by atoms with Gasteiger partial charge in [-0.15, -0.1) is 0 Å². The average molecular weight is 399 g/mol. The Kier molecular flexibility index (Phi) is 5.65. The SMILES string of the molecule is COC(=O)Cn1c(=NC(=O)Cc2ccc(C)cc2)sc2cc([N+](=O)[O-])ccc21. The minimum atomic E-state index is -0.509. The van der Waals surface area contributed by atoms with E-state index in [4.69, 9.17) is 4.74 Å². The number of carbonyl (C=O) groups is 2. The predicted molar refractivity (Wildman–Crippen MR) is 104 cm³/mol. The van der Waals surface area contributed by atoms with Gasteiger partial charge >= 0.3 is 5.97 Å². The van der Waals surface area contributed by atoms with Gasteiger partial charge in [0.1, 0.15) is 6.54 Å². The van der Waals surface area contributed by atoms with Gasteiger partial charge < -0.3 is 9.30 Å². The highest BCUT2D eigenvalue weighted by molar-refractivity contribution is 7.16. The molecule has 8 nitrogen and oxygen atoms in total. The Morgan fingerprint density at radius 2 is 1.93 bits per heavy atom. The third-order valence-corrected chi connectivity index (χ3v) is 5.13. The molecule has 3 rings (SSSR count). The van der Waals surface area contributed by atoms with E-state index in [1.54, 1.807) is 0 Å². The van der Waals surface area contributed by atoms with Crippen molar-refractivity contribution < 1.29 is 19.2 Å². The Bertz CT molecular complexity index is 1130. The maximum absolute atomic E-state index is 12.4.